The van der Waals surface area contributed by atoms with Crippen molar-refractivity contribution >= 4 is 11.9 Å². The van der Waals surface area contributed by atoms with Crippen LogP contribution in [0.5, 0.6) is 0 Å². The Morgan fingerprint density at radius 3 is 2.56 bits per heavy atom. The van der Waals surface area contributed by atoms with Gasteiger partial charge in [0.1, 0.15) is 5.41 Å². The van der Waals surface area contributed by atoms with Crippen LogP contribution in [-0.4, -0.2) is 40.1 Å². The Kier molecular flexibility index (Phi) is 2.92. The van der Waals surface area contributed by atoms with Gasteiger partial charge in [-0.05, 0) is 19.4 Å². The molecule has 5 nitrogen and oxygen atoms in total. The highest BCUT2D eigenvalue weighted by atomic mass is 19.3. The lowest BCUT2D eigenvalue weighted by atomic mass is 9.77. The molecular weight excluding hydrogens is 244 g/mol. The first-order valence-electron chi connectivity index (χ1n) is 5.50. The van der Waals surface area contributed by atoms with Crippen molar-refractivity contribution in [3.63, 3.8) is 0 Å². The Labute approximate surface area is 102 Å². The first-order chi connectivity index (χ1) is 8.37. The van der Waals surface area contributed by atoms with Crippen LogP contribution in [0.4, 0.5) is 14.7 Å². The molecule has 1 aliphatic rings. The van der Waals surface area contributed by atoms with Gasteiger partial charge in [-0.1, -0.05) is 0 Å². The van der Waals surface area contributed by atoms with E-state index >= 15 is 0 Å². The normalized spacial score (nSPS) is 26.9. The molecule has 0 amide bonds. The van der Waals surface area contributed by atoms with Gasteiger partial charge in [-0.3, -0.25) is 4.79 Å². The van der Waals surface area contributed by atoms with E-state index in [1.165, 1.54) is 17.3 Å². The van der Waals surface area contributed by atoms with E-state index in [1.54, 1.807) is 6.07 Å². The van der Waals surface area contributed by atoms with Gasteiger partial charge in [0, 0.05) is 18.9 Å². The van der Waals surface area contributed by atoms with Crippen LogP contribution in [0.3, 0.4) is 0 Å². The number of hydrogen-bond acceptors (Lipinski definition) is 4. The minimum Gasteiger partial charge on any atom is -0.481 e. The maximum Gasteiger partial charge on any atom is 0.315 e. The fourth-order valence-corrected chi connectivity index (χ4v) is 1.92. The highest BCUT2D eigenvalue weighted by Crippen LogP contribution is 2.44. The molecule has 18 heavy (non-hydrogen) atoms. The number of rotatable bonds is 2. The van der Waals surface area contributed by atoms with Crippen LogP contribution in [0.25, 0.3) is 0 Å². The number of alkyl halides is 2. The number of piperidine rings is 1. The summed E-state index contributed by atoms with van der Waals surface area (Å²) in [6, 6.07) is 1.59. The number of aliphatic carboxylic acids is 1. The van der Waals surface area contributed by atoms with Gasteiger partial charge in [0.2, 0.25) is 5.95 Å². The van der Waals surface area contributed by atoms with Gasteiger partial charge in [-0.15, -0.1) is 0 Å². The molecule has 7 heteroatoms. The molecule has 1 aromatic rings. The summed E-state index contributed by atoms with van der Waals surface area (Å²) in [6.07, 6.45) is 2.78. The minimum atomic E-state index is -3.32. The second-order valence-electron chi connectivity index (χ2n) is 4.56. The molecule has 0 aromatic carbocycles. The number of aromatic nitrogens is 2. The van der Waals surface area contributed by atoms with Crippen LogP contribution in [-0.2, 0) is 4.79 Å². The molecule has 1 atom stereocenters. The molecule has 1 aromatic heterocycles. The Morgan fingerprint density at radius 1 is 1.44 bits per heavy atom. The van der Waals surface area contributed by atoms with E-state index < -0.39 is 23.9 Å². The van der Waals surface area contributed by atoms with Crippen molar-refractivity contribution in [2.75, 3.05) is 18.0 Å². The number of carboxylic acid groups (broad SMARTS) is 1. The minimum absolute atomic E-state index is 0.145. The first-order valence-corrected chi connectivity index (χ1v) is 5.50. The summed E-state index contributed by atoms with van der Waals surface area (Å²) < 4.78 is 27.9. The summed E-state index contributed by atoms with van der Waals surface area (Å²) in [5, 5.41) is 8.96. The summed E-state index contributed by atoms with van der Waals surface area (Å²) in [5.41, 5.74) is -2.03. The zero-order chi connectivity index (χ0) is 13.4. The van der Waals surface area contributed by atoms with E-state index in [9.17, 15) is 13.6 Å². The second kappa shape index (κ2) is 4.15. The van der Waals surface area contributed by atoms with Crippen LogP contribution in [0, 0.1) is 5.41 Å². The lowest BCUT2D eigenvalue weighted by molar-refractivity contribution is -0.179. The molecule has 2 heterocycles. The van der Waals surface area contributed by atoms with Gasteiger partial charge in [-0.25, -0.2) is 18.7 Å². The Balaban J connectivity index is 2.23. The van der Waals surface area contributed by atoms with Gasteiger partial charge < -0.3 is 10.0 Å². The highest BCUT2D eigenvalue weighted by molar-refractivity contribution is 5.76. The third kappa shape index (κ3) is 1.89. The average molecular weight is 257 g/mol. The highest BCUT2D eigenvalue weighted by Gasteiger charge is 2.59. The van der Waals surface area contributed by atoms with E-state index in [0.29, 0.717) is 0 Å². The van der Waals surface area contributed by atoms with Gasteiger partial charge >= 0.3 is 5.97 Å². The monoisotopic (exact) mass is 257 g/mol. The molecule has 0 spiro atoms. The summed E-state index contributed by atoms with van der Waals surface area (Å²) in [6.45, 7) is 0.598. The van der Waals surface area contributed by atoms with Crippen molar-refractivity contribution in [1.82, 2.24) is 9.97 Å². The molecule has 0 radical (unpaired) electrons. The van der Waals surface area contributed by atoms with Crippen LogP contribution in [0.15, 0.2) is 18.5 Å². The van der Waals surface area contributed by atoms with Crippen molar-refractivity contribution in [2.24, 2.45) is 5.41 Å². The first kappa shape index (κ1) is 12.7. The Hall–Kier alpha value is -1.79. The van der Waals surface area contributed by atoms with Crippen molar-refractivity contribution < 1.29 is 18.7 Å². The van der Waals surface area contributed by atoms with Gasteiger partial charge in [0.05, 0.1) is 6.54 Å². The fourth-order valence-electron chi connectivity index (χ4n) is 1.92. The van der Waals surface area contributed by atoms with Crippen LogP contribution in [0.1, 0.15) is 13.3 Å². The third-order valence-corrected chi connectivity index (χ3v) is 3.39. The zero-order valence-corrected chi connectivity index (χ0v) is 9.81. The van der Waals surface area contributed by atoms with Crippen molar-refractivity contribution in [1.29, 1.82) is 0 Å². The number of hydrogen-bond donors (Lipinski definition) is 1. The second-order valence-corrected chi connectivity index (χ2v) is 4.56. The third-order valence-electron chi connectivity index (χ3n) is 3.39. The quantitative estimate of drug-likeness (QED) is 0.867. The molecular formula is C11H13F2N3O2. The predicted molar refractivity (Wildman–Crippen MR) is 59.6 cm³/mol. The van der Waals surface area contributed by atoms with Crippen LogP contribution in [0.2, 0.25) is 0 Å². The largest absolute Gasteiger partial charge is 0.481 e. The number of carbonyl (C=O) groups is 1. The van der Waals surface area contributed by atoms with Crippen molar-refractivity contribution in [2.45, 2.75) is 19.3 Å². The van der Waals surface area contributed by atoms with E-state index in [1.807, 2.05) is 0 Å². The van der Waals surface area contributed by atoms with Crippen LogP contribution >= 0.6 is 0 Å². The van der Waals surface area contributed by atoms with Crippen molar-refractivity contribution in [3.05, 3.63) is 18.5 Å². The summed E-state index contributed by atoms with van der Waals surface area (Å²) in [5.74, 6) is -4.60. The number of carboxylic acids is 1. The molecule has 1 aliphatic heterocycles. The Bertz CT molecular complexity index is 455. The molecule has 1 N–H and O–H groups in total. The van der Waals surface area contributed by atoms with Crippen molar-refractivity contribution in [3.8, 4) is 0 Å². The standard InChI is InChI=1S/C11H13F2N3O2/c1-10(8(17)18)3-6-16(7-11(10,12)13)9-14-4-2-5-15-9/h2,4-5H,3,6-7H2,1H3,(H,17,18). The molecule has 1 fully saturated rings. The summed E-state index contributed by atoms with van der Waals surface area (Å²) in [4.78, 5) is 20.1. The molecule has 1 unspecified atom stereocenters. The fraction of sp³-hybridized carbons (Fsp3) is 0.545. The molecule has 1 saturated heterocycles. The average Bonchev–Trinajstić information content (AvgIpc) is 2.33. The van der Waals surface area contributed by atoms with Gasteiger partial charge in [0.25, 0.3) is 5.92 Å². The maximum absolute atomic E-state index is 14.0. The smallest absolute Gasteiger partial charge is 0.315 e. The SMILES string of the molecule is CC1(C(=O)O)CCN(c2ncccn2)CC1(F)F. The van der Waals surface area contributed by atoms with E-state index in [-0.39, 0.29) is 18.9 Å². The molecule has 2 rings (SSSR count). The molecule has 0 bridgehead atoms. The molecule has 98 valence electrons. The van der Waals surface area contributed by atoms with Gasteiger partial charge in [-0.2, -0.15) is 0 Å². The lowest BCUT2D eigenvalue weighted by Gasteiger charge is -2.42. The number of halogens is 2. The predicted octanol–water partition coefficient (Wildman–Crippen LogP) is 1.41. The molecule has 0 saturated carbocycles. The lowest BCUT2D eigenvalue weighted by Crippen LogP contribution is -2.58. The maximum atomic E-state index is 14.0. The van der Waals surface area contributed by atoms with E-state index in [0.717, 1.165) is 6.92 Å². The topological polar surface area (TPSA) is 66.3 Å². The van der Waals surface area contributed by atoms with E-state index in [2.05, 4.69) is 9.97 Å². The summed E-state index contributed by atoms with van der Waals surface area (Å²) >= 11 is 0. The Morgan fingerprint density at radius 2 is 2.06 bits per heavy atom. The zero-order valence-electron chi connectivity index (χ0n) is 9.81. The summed E-state index contributed by atoms with van der Waals surface area (Å²) in [7, 11) is 0. The van der Waals surface area contributed by atoms with Gasteiger partial charge in [0.15, 0.2) is 0 Å². The van der Waals surface area contributed by atoms with E-state index in [4.69, 9.17) is 5.11 Å². The number of nitrogens with zero attached hydrogens (tertiary/aromatic N) is 3. The molecule has 0 aliphatic carbocycles. The van der Waals surface area contributed by atoms with Crippen LogP contribution < -0.4 is 4.90 Å². The number of anilines is 1.